The number of ether oxygens (including phenoxy) is 1. The molecular formula is C8H15NO5. The fourth-order valence-electron chi connectivity index (χ4n) is 0.657. The van der Waals surface area contributed by atoms with Gasteiger partial charge in [0.15, 0.2) is 0 Å². The lowest BCUT2D eigenvalue weighted by Crippen LogP contribution is -2.58. The Morgan fingerprint density at radius 2 is 2.07 bits per heavy atom. The van der Waals surface area contributed by atoms with Gasteiger partial charge in [0.25, 0.3) is 0 Å². The Balaban J connectivity index is 4.25. The maximum atomic E-state index is 11.1. The molecule has 1 atom stereocenters. The average molecular weight is 205 g/mol. The summed E-state index contributed by atoms with van der Waals surface area (Å²) in [5.74, 6) is -2.71. The van der Waals surface area contributed by atoms with Crippen LogP contribution in [0.3, 0.4) is 0 Å². The van der Waals surface area contributed by atoms with E-state index in [4.69, 9.17) is 15.9 Å². The van der Waals surface area contributed by atoms with Crippen LogP contribution in [-0.4, -0.2) is 40.9 Å². The number of unbranched alkanes of at least 4 members (excludes halogenated alkanes) is 1. The lowest BCUT2D eigenvalue weighted by Gasteiger charge is -2.19. The number of carboxylic acids is 1. The van der Waals surface area contributed by atoms with Crippen molar-refractivity contribution in [3.8, 4) is 0 Å². The molecule has 0 fully saturated rings. The zero-order chi connectivity index (χ0) is 11.2. The van der Waals surface area contributed by atoms with Crippen molar-refractivity contribution >= 4 is 11.9 Å². The number of aliphatic carboxylic acids is 1. The number of hydrogen-bond donors (Lipinski definition) is 3. The molecule has 0 spiro atoms. The van der Waals surface area contributed by atoms with E-state index in [9.17, 15) is 9.59 Å². The number of esters is 1. The van der Waals surface area contributed by atoms with Crippen LogP contribution in [-0.2, 0) is 14.3 Å². The normalized spacial score (nSPS) is 14.5. The fraction of sp³-hybridized carbons (Fsp3) is 0.750. The number of hydrogen-bond acceptors (Lipinski definition) is 5. The first-order valence-corrected chi connectivity index (χ1v) is 4.29. The lowest BCUT2D eigenvalue weighted by atomic mass is 10.0. The van der Waals surface area contributed by atoms with Crippen molar-refractivity contribution in [3.05, 3.63) is 0 Å². The minimum absolute atomic E-state index is 0.113. The Morgan fingerprint density at radius 1 is 1.50 bits per heavy atom. The smallest absolute Gasteiger partial charge is 0.340 e. The van der Waals surface area contributed by atoms with Gasteiger partial charge in [-0.15, -0.1) is 0 Å². The van der Waals surface area contributed by atoms with Crippen molar-refractivity contribution < 1.29 is 24.5 Å². The Hall–Kier alpha value is -1.14. The van der Waals surface area contributed by atoms with E-state index in [1.165, 1.54) is 0 Å². The third-order valence-electron chi connectivity index (χ3n) is 1.73. The molecule has 82 valence electrons. The summed E-state index contributed by atoms with van der Waals surface area (Å²) < 4.78 is 4.60. The SMILES string of the molecule is CCCCOC(=O)C(N)(CO)C(=O)O. The van der Waals surface area contributed by atoms with E-state index in [1.807, 2.05) is 6.92 Å². The summed E-state index contributed by atoms with van der Waals surface area (Å²) >= 11 is 0. The highest BCUT2D eigenvalue weighted by molar-refractivity contribution is 6.03. The van der Waals surface area contributed by atoms with Crippen LogP contribution in [0.25, 0.3) is 0 Å². The predicted octanol–water partition coefficient (Wildman–Crippen LogP) is -0.896. The largest absolute Gasteiger partial charge is 0.479 e. The Kier molecular flexibility index (Phi) is 5.11. The number of carboxylic acid groups (broad SMARTS) is 1. The molecule has 0 aliphatic rings. The molecule has 14 heavy (non-hydrogen) atoms. The summed E-state index contributed by atoms with van der Waals surface area (Å²) in [5, 5.41) is 17.2. The molecule has 0 aromatic heterocycles. The molecule has 0 aromatic carbocycles. The summed E-state index contributed by atoms with van der Waals surface area (Å²) in [6, 6.07) is 0. The molecule has 0 bridgehead atoms. The first kappa shape index (κ1) is 12.9. The second kappa shape index (κ2) is 5.56. The number of nitrogens with two attached hydrogens (primary N) is 1. The molecule has 0 saturated heterocycles. The summed E-state index contributed by atoms with van der Waals surface area (Å²) in [6.07, 6.45) is 1.45. The zero-order valence-corrected chi connectivity index (χ0v) is 8.02. The van der Waals surface area contributed by atoms with Gasteiger partial charge in [0, 0.05) is 0 Å². The van der Waals surface area contributed by atoms with E-state index in [-0.39, 0.29) is 6.61 Å². The van der Waals surface area contributed by atoms with Gasteiger partial charge in [0.05, 0.1) is 13.2 Å². The van der Waals surface area contributed by atoms with Crippen LogP contribution < -0.4 is 5.73 Å². The van der Waals surface area contributed by atoms with Crippen molar-refractivity contribution in [2.45, 2.75) is 25.3 Å². The fourth-order valence-corrected chi connectivity index (χ4v) is 0.657. The van der Waals surface area contributed by atoms with Gasteiger partial charge in [-0.3, -0.25) is 0 Å². The van der Waals surface area contributed by atoms with E-state index < -0.39 is 24.1 Å². The maximum absolute atomic E-state index is 11.1. The first-order valence-electron chi connectivity index (χ1n) is 4.29. The summed E-state index contributed by atoms with van der Waals surface area (Å²) in [5.41, 5.74) is 2.80. The average Bonchev–Trinajstić information content (AvgIpc) is 2.16. The van der Waals surface area contributed by atoms with Crippen LogP contribution >= 0.6 is 0 Å². The molecule has 0 rings (SSSR count). The van der Waals surface area contributed by atoms with Gasteiger partial charge >= 0.3 is 11.9 Å². The van der Waals surface area contributed by atoms with Crippen molar-refractivity contribution in [2.24, 2.45) is 5.73 Å². The Morgan fingerprint density at radius 3 is 2.43 bits per heavy atom. The topological polar surface area (TPSA) is 110 Å². The van der Waals surface area contributed by atoms with Crippen LogP contribution in [0.5, 0.6) is 0 Å². The number of aliphatic hydroxyl groups is 1. The highest BCUT2D eigenvalue weighted by Gasteiger charge is 2.43. The van der Waals surface area contributed by atoms with Crippen molar-refractivity contribution in [1.82, 2.24) is 0 Å². The van der Waals surface area contributed by atoms with Crippen LogP contribution in [0.15, 0.2) is 0 Å². The van der Waals surface area contributed by atoms with Crippen LogP contribution in [0, 0.1) is 0 Å². The van der Waals surface area contributed by atoms with Gasteiger partial charge in [-0.2, -0.15) is 0 Å². The van der Waals surface area contributed by atoms with Crippen molar-refractivity contribution in [1.29, 1.82) is 0 Å². The molecule has 0 saturated carbocycles. The van der Waals surface area contributed by atoms with E-state index in [2.05, 4.69) is 4.74 Å². The lowest BCUT2D eigenvalue weighted by molar-refractivity contribution is -0.163. The summed E-state index contributed by atoms with van der Waals surface area (Å²) in [7, 11) is 0. The van der Waals surface area contributed by atoms with Crippen LogP contribution in [0.1, 0.15) is 19.8 Å². The van der Waals surface area contributed by atoms with Crippen molar-refractivity contribution in [2.75, 3.05) is 13.2 Å². The molecule has 0 radical (unpaired) electrons. The standard InChI is InChI=1S/C8H15NO5/c1-2-3-4-14-7(13)8(9,5-10)6(11)12/h10H,2-5,9H2,1H3,(H,11,12). The quantitative estimate of drug-likeness (QED) is 0.294. The van der Waals surface area contributed by atoms with Gasteiger partial charge in [-0.25, -0.2) is 9.59 Å². The number of aliphatic hydroxyl groups excluding tert-OH is 1. The van der Waals surface area contributed by atoms with Crippen LogP contribution in [0.2, 0.25) is 0 Å². The highest BCUT2D eigenvalue weighted by Crippen LogP contribution is 2.04. The molecular weight excluding hydrogens is 190 g/mol. The Labute approximate surface area is 81.7 Å². The van der Waals surface area contributed by atoms with E-state index >= 15 is 0 Å². The third kappa shape index (κ3) is 2.97. The van der Waals surface area contributed by atoms with Crippen molar-refractivity contribution in [3.63, 3.8) is 0 Å². The highest BCUT2D eigenvalue weighted by atomic mass is 16.5. The number of rotatable bonds is 6. The second-order valence-corrected chi connectivity index (χ2v) is 2.92. The zero-order valence-electron chi connectivity index (χ0n) is 8.02. The minimum atomic E-state index is -2.34. The second-order valence-electron chi connectivity index (χ2n) is 2.92. The van der Waals surface area contributed by atoms with E-state index in [0.29, 0.717) is 6.42 Å². The minimum Gasteiger partial charge on any atom is -0.479 e. The Bertz CT molecular complexity index is 218. The molecule has 0 heterocycles. The van der Waals surface area contributed by atoms with Gasteiger partial charge in [-0.1, -0.05) is 13.3 Å². The van der Waals surface area contributed by atoms with Gasteiger partial charge in [0.1, 0.15) is 0 Å². The monoisotopic (exact) mass is 205 g/mol. The van der Waals surface area contributed by atoms with E-state index in [0.717, 1.165) is 6.42 Å². The predicted molar refractivity (Wildman–Crippen MR) is 47.5 cm³/mol. The molecule has 6 nitrogen and oxygen atoms in total. The van der Waals surface area contributed by atoms with Gasteiger partial charge < -0.3 is 20.7 Å². The molecule has 0 aliphatic carbocycles. The first-order chi connectivity index (χ1) is 6.49. The van der Waals surface area contributed by atoms with Gasteiger partial charge in [-0.05, 0) is 6.42 Å². The van der Waals surface area contributed by atoms with Gasteiger partial charge in [0.2, 0.25) is 5.54 Å². The van der Waals surface area contributed by atoms with E-state index in [1.54, 1.807) is 0 Å². The molecule has 0 amide bonds. The molecule has 0 aromatic rings. The molecule has 6 heteroatoms. The summed E-state index contributed by atoms with van der Waals surface area (Å²) in [4.78, 5) is 21.7. The number of carbonyl (C=O) groups excluding carboxylic acids is 1. The maximum Gasteiger partial charge on any atom is 0.340 e. The summed E-state index contributed by atoms with van der Waals surface area (Å²) in [6.45, 7) is 1.03. The third-order valence-corrected chi connectivity index (χ3v) is 1.73. The van der Waals surface area contributed by atoms with Crippen LogP contribution in [0.4, 0.5) is 0 Å². The molecule has 1 unspecified atom stereocenters. The molecule has 4 N–H and O–H groups in total. The number of carbonyl (C=O) groups is 2. The molecule has 0 aliphatic heterocycles.